The molecule has 1 aromatic carbocycles. The fourth-order valence-electron chi connectivity index (χ4n) is 1.59. The third-order valence-corrected chi connectivity index (χ3v) is 2.49. The first-order valence-corrected chi connectivity index (χ1v) is 4.97. The lowest BCUT2D eigenvalue weighted by atomic mass is 9.92. The van der Waals surface area contributed by atoms with Crippen LogP contribution in [0.25, 0.3) is 0 Å². The summed E-state index contributed by atoms with van der Waals surface area (Å²) in [5.41, 5.74) is 7.33. The Kier molecular flexibility index (Phi) is 3.97. The monoisotopic (exact) mass is 176 g/mol. The standard InChI is InChI=1S/C12H18N/c1-3-7-10(2)12(13)11-8-5-4-6-9-11/h5-6,8-10,12H,3,7,13H2,1-2H3. The quantitative estimate of drug-likeness (QED) is 0.750. The van der Waals surface area contributed by atoms with E-state index in [-0.39, 0.29) is 6.04 Å². The predicted octanol–water partition coefficient (Wildman–Crippen LogP) is 2.92. The molecule has 0 aromatic heterocycles. The molecule has 0 fully saturated rings. The van der Waals surface area contributed by atoms with Gasteiger partial charge in [0.1, 0.15) is 0 Å². The zero-order valence-corrected chi connectivity index (χ0v) is 8.46. The van der Waals surface area contributed by atoms with Crippen molar-refractivity contribution < 1.29 is 0 Å². The fraction of sp³-hybridized carbons (Fsp3) is 0.500. The summed E-state index contributed by atoms with van der Waals surface area (Å²) in [5, 5.41) is 0. The average molecular weight is 176 g/mol. The number of hydrogen-bond donors (Lipinski definition) is 1. The molecule has 2 N–H and O–H groups in total. The van der Waals surface area contributed by atoms with Gasteiger partial charge in [0.2, 0.25) is 0 Å². The molecular formula is C12H18N. The number of rotatable bonds is 4. The third-order valence-electron chi connectivity index (χ3n) is 2.49. The van der Waals surface area contributed by atoms with Crippen molar-refractivity contribution in [3.8, 4) is 0 Å². The number of nitrogens with two attached hydrogens (primary N) is 1. The van der Waals surface area contributed by atoms with Gasteiger partial charge in [-0.05, 0) is 24.0 Å². The third kappa shape index (κ3) is 2.85. The summed E-state index contributed by atoms with van der Waals surface area (Å²) in [6, 6.07) is 11.1. The summed E-state index contributed by atoms with van der Waals surface area (Å²) >= 11 is 0. The molecule has 0 saturated heterocycles. The Balaban J connectivity index is 2.62. The Hall–Kier alpha value is -0.820. The van der Waals surface area contributed by atoms with Crippen molar-refractivity contribution in [2.75, 3.05) is 0 Å². The van der Waals surface area contributed by atoms with Crippen LogP contribution in [0, 0.1) is 12.0 Å². The predicted molar refractivity (Wildman–Crippen MR) is 56.3 cm³/mol. The maximum atomic E-state index is 6.11. The van der Waals surface area contributed by atoms with Crippen LogP contribution in [0.4, 0.5) is 0 Å². The van der Waals surface area contributed by atoms with Crippen molar-refractivity contribution in [3.05, 3.63) is 35.9 Å². The van der Waals surface area contributed by atoms with Crippen LogP contribution in [0.5, 0.6) is 0 Å². The normalized spacial score (nSPS) is 15.3. The molecule has 1 nitrogen and oxygen atoms in total. The molecule has 71 valence electrons. The van der Waals surface area contributed by atoms with E-state index in [0.717, 1.165) is 0 Å². The summed E-state index contributed by atoms with van der Waals surface area (Å²) in [7, 11) is 0. The van der Waals surface area contributed by atoms with Gasteiger partial charge in [0.25, 0.3) is 0 Å². The number of benzene rings is 1. The summed E-state index contributed by atoms with van der Waals surface area (Å²) in [4.78, 5) is 0. The molecule has 0 amide bonds. The van der Waals surface area contributed by atoms with Gasteiger partial charge in [-0.2, -0.15) is 0 Å². The Morgan fingerprint density at radius 3 is 2.54 bits per heavy atom. The molecule has 1 heteroatoms. The van der Waals surface area contributed by atoms with E-state index >= 15 is 0 Å². The van der Waals surface area contributed by atoms with Crippen molar-refractivity contribution >= 4 is 0 Å². The molecule has 0 aliphatic carbocycles. The molecule has 0 aliphatic rings. The molecular weight excluding hydrogens is 158 g/mol. The van der Waals surface area contributed by atoms with Gasteiger partial charge < -0.3 is 5.73 Å². The summed E-state index contributed by atoms with van der Waals surface area (Å²) in [6.07, 6.45) is 2.40. The van der Waals surface area contributed by atoms with E-state index in [1.807, 2.05) is 12.1 Å². The van der Waals surface area contributed by atoms with Crippen molar-refractivity contribution in [3.63, 3.8) is 0 Å². The van der Waals surface area contributed by atoms with Crippen LogP contribution in [0.2, 0.25) is 0 Å². The van der Waals surface area contributed by atoms with Gasteiger partial charge in [-0.15, -0.1) is 0 Å². The highest BCUT2D eigenvalue weighted by Crippen LogP contribution is 2.22. The van der Waals surface area contributed by atoms with Gasteiger partial charge in [-0.3, -0.25) is 0 Å². The molecule has 2 unspecified atom stereocenters. The lowest BCUT2D eigenvalue weighted by molar-refractivity contribution is 0.434. The van der Waals surface area contributed by atoms with E-state index in [1.54, 1.807) is 0 Å². The maximum absolute atomic E-state index is 6.11. The first kappa shape index (κ1) is 10.3. The van der Waals surface area contributed by atoms with Crippen LogP contribution in [-0.2, 0) is 0 Å². The van der Waals surface area contributed by atoms with Crippen molar-refractivity contribution in [2.45, 2.75) is 32.7 Å². The minimum absolute atomic E-state index is 0.176. The van der Waals surface area contributed by atoms with E-state index in [9.17, 15) is 0 Å². The molecule has 2 atom stereocenters. The van der Waals surface area contributed by atoms with Crippen molar-refractivity contribution in [1.29, 1.82) is 0 Å². The van der Waals surface area contributed by atoms with E-state index < -0.39 is 0 Å². The lowest BCUT2D eigenvalue weighted by Crippen LogP contribution is -2.18. The molecule has 0 spiro atoms. The average Bonchev–Trinajstić information content (AvgIpc) is 2.18. The minimum Gasteiger partial charge on any atom is -0.324 e. The van der Waals surface area contributed by atoms with E-state index in [1.165, 1.54) is 18.4 Å². The zero-order valence-electron chi connectivity index (χ0n) is 8.46. The zero-order chi connectivity index (χ0) is 9.68. The van der Waals surface area contributed by atoms with Crippen LogP contribution in [0.15, 0.2) is 24.3 Å². The largest absolute Gasteiger partial charge is 0.324 e. The number of hydrogen-bond acceptors (Lipinski definition) is 1. The Bertz CT molecular complexity index is 230. The molecule has 1 rings (SSSR count). The first-order valence-electron chi connectivity index (χ1n) is 4.97. The Labute approximate surface area is 81.0 Å². The van der Waals surface area contributed by atoms with Gasteiger partial charge in [-0.1, -0.05) is 44.5 Å². The van der Waals surface area contributed by atoms with Crippen molar-refractivity contribution in [2.24, 2.45) is 11.7 Å². The maximum Gasteiger partial charge on any atom is 0.0320 e. The fourth-order valence-corrected chi connectivity index (χ4v) is 1.59. The van der Waals surface area contributed by atoms with E-state index in [4.69, 9.17) is 5.73 Å². The first-order chi connectivity index (χ1) is 6.25. The second kappa shape index (κ2) is 5.03. The molecule has 1 radical (unpaired) electrons. The van der Waals surface area contributed by atoms with Crippen LogP contribution in [0.3, 0.4) is 0 Å². The SMILES string of the molecule is CCCC(C)C(N)c1cc[c]cc1. The molecule has 0 saturated carbocycles. The van der Waals surface area contributed by atoms with Gasteiger partial charge >= 0.3 is 0 Å². The summed E-state index contributed by atoms with van der Waals surface area (Å²) < 4.78 is 0. The highest BCUT2D eigenvalue weighted by Gasteiger charge is 2.12. The molecule has 1 aromatic rings. The molecule has 0 aliphatic heterocycles. The van der Waals surface area contributed by atoms with Crippen LogP contribution in [0.1, 0.15) is 38.3 Å². The minimum atomic E-state index is 0.176. The second-order valence-electron chi connectivity index (χ2n) is 3.63. The topological polar surface area (TPSA) is 26.0 Å². The van der Waals surface area contributed by atoms with Gasteiger partial charge in [0.05, 0.1) is 0 Å². The highest BCUT2D eigenvalue weighted by atomic mass is 14.6. The summed E-state index contributed by atoms with van der Waals surface area (Å²) in [5.74, 6) is 0.562. The van der Waals surface area contributed by atoms with Gasteiger partial charge in [0.15, 0.2) is 0 Å². The molecule has 13 heavy (non-hydrogen) atoms. The highest BCUT2D eigenvalue weighted by molar-refractivity contribution is 5.18. The molecule has 0 heterocycles. The van der Waals surface area contributed by atoms with Crippen LogP contribution >= 0.6 is 0 Å². The van der Waals surface area contributed by atoms with Gasteiger partial charge in [0, 0.05) is 6.04 Å². The van der Waals surface area contributed by atoms with Crippen LogP contribution in [-0.4, -0.2) is 0 Å². The summed E-state index contributed by atoms with van der Waals surface area (Å²) in [6.45, 7) is 4.41. The second-order valence-corrected chi connectivity index (χ2v) is 3.63. The smallest absolute Gasteiger partial charge is 0.0320 e. The van der Waals surface area contributed by atoms with E-state index in [2.05, 4.69) is 32.0 Å². The van der Waals surface area contributed by atoms with Crippen molar-refractivity contribution in [1.82, 2.24) is 0 Å². The molecule has 0 bridgehead atoms. The van der Waals surface area contributed by atoms with E-state index in [0.29, 0.717) is 5.92 Å². The Morgan fingerprint density at radius 2 is 2.00 bits per heavy atom. The van der Waals surface area contributed by atoms with Crippen LogP contribution < -0.4 is 5.73 Å². The van der Waals surface area contributed by atoms with Gasteiger partial charge in [-0.25, -0.2) is 0 Å². The lowest BCUT2D eigenvalue weighted by Gasteiger charge is -2.19. The Morgan fingerprint density at radius 1 is 1.38 bits per heavy atom.